The molecular weight excluding hydrogens is 232 g/mol. The molecule has 5 nitrogen and oxygen atoms in total. The van der Waals surface area contributed by atoms with Crippen molar-refractivity contribution in [2.45, 2.75) is 69.4 Å². The van der Waals surface area contributed by atoms with Gasteiger partial charge in [0.2, 0.25) is 0 Å². The van der Waals surface area contributed by atoms with Gasteiger partial charge in [-0.05, 0) is 32.1 Å². The largest absolute Gasteiger partial charge is 0.480 e. The zero-order chi connectivity index (χ0) is 13.0. The number of aliphatic carboxylic acids is 1. The first-order valence-corrected chi connectivity index (χ1v) is 6.94. The maximum absolute atomic E-state index is 11.9. The fourth-order valence-electron chi connectivity index (χ4n) is 2.79. The molecule has 2 saturated carbocycles. The van der Waals surface area contributed by atoms with Crippen LogP contribution in [0.1, 0.15) is 57.8 Å². The van der Waals surface area contributed by atoms with Crippen LogP contribution in [0.25, 0.3) is 0 Å². The summed E-state index contributed by atoms with van der Waals surface area (Å²) in [5.41, 5.74) is -1.01. The number of carbonyl (C=O) groups excluding carboxylic acids is 1. The molecule has 0 aromatic heterocycles. The lowest BCUT2D eigenvalue weighted by Crippen LogP contribution is -2.62. The molecule has 5 heteroatoms. The lowest BCUT2D eigenvalue weighted by atomic mass is 9.77. The Hall–Kier alpha value is -1.26. The van der Waals surface area contributed by atoms with Gasteiger partial charge in [0, 0.05) is 6.04 Å². The molecule has 0 aromatic carbocycles. The highest BCUT2D eigenvalue weighted by Gasteiger charge is 2.45. The molecule has 2 aliphatic carbocycles. The second kappa shape index (κ2) is 5.59. The number of hydrogen-bond acceptors (Lipinski definition) is 2. The van der Waals surface area contributed by atoms with E-state index in [1.807, 2.05) is 0 Å². The minimum atomic E-state index is -1.01. The summed E-state index contributed by atoms with van der Waals surface area (Å²) >= 11 is 0. The van der Waals surface area contributed by atoms with Crippen LogP contribution in [-0.2, 0) is 4.79 Å². The van der Waals surface area contributed by atoms with E-state index in [1.165, 1.54) is 12.8 Å². The van der Waals surface area contributed by atoms with Gasteiger partial charge in [0.15, 0.2) is 0 Å². The number of carbonyl (C=O) groups is 2. The monoisotopic (exact) mass is 254 g/mol. The maximum Gasteiger partial charge on any atom is 0.329 e. The molecule has 2 rings (SSSR count). The molecule has 0 unspecified atom stereocenters. The zero-order valence-corrected chi connectivity index (χ0v) is 10.7. The van der Waals surface area contributed by atoms with Crippen LogP contribution >= 0.6 is 0 Å². The van der Waals surface area contributed by atoms with Crippen LogP contribution in [0.2, 0.25) is 0 Å². The summed E-state index contributed by atoms with van der Waals surface area (Å²) in [5, 5.41) is 14.7. The van der Waals surface area contributed by atoms with Crippen LogP contribution in [-0.4, -0.2) is 28.7 Å². The molecule has 2 aliphatic rings. The molecule has 0 radical (unpaired) electrons. The Kier molecular flexibility index (Phi) is 4.09. The van der Waals surface area contributed by atoms with Crippen LogP contribution in [0, 0.1) is 0 Å². The summed E-state index contributed by atoms with van der Waals surface area (Å²) in [4.78, 5) is 23.0. The van der Waals surface area contributed by atoms with Gasteiger partial charge in [-0.2, -0.15) is 0 Å². The smallest absolute Gasteiger partial charge is 0.329 e. The molecule has 3 N–H and O–H groups in total. The van der Waals surface area contributed by atoms with E-state index in [4.69, 9.17) is 5.11 Å². The van der Waals surface area contributed by atoms with Crippen molar-refractivity contribution < 1.29 is 14.7 Å². The van der Waals surface area contributed by atoms with Crippen molar-refractivity contribution in [3.8, 4) is 0 Å². The molecule has 102 valence electrons. The molecule has 2 fully saturated rings. The highest BCUT2D eigenvalue weighted by Crippen LogP contribution is 2.32. The fraction of sp³-hybridized carbons (Fsp3) is 0.846. The number of nitrogens with one attached hydrogen (secondary N) is 2. The van der Waals surface area contributed by atoms with Gasteiger partial charge in [0.05, 0.1) is 0 Å². The van der Waals surface area contributed by atoms with Gasteiger partial charge in [-0.1, -0.05) is 25.7 Å². The highest BCUT2D eigenvalue weighted by molar-refractivity contribution is 5.87. The van der Waals surface area contributed by atoms with Gasteiger partial charge in [-0.25, -0.2) is 9.59 Å². The van der Waals surface area contributed by atoms with Crippen LogP contribution < -0.4 is 10.6 Å². The lowest BCUT2D eigenvalue weighted by molar-refractivity contribution is -0.148. The molecule has 0 aromatic rings. The topological polar surface area (TPSA) is 78.4 Å². The first kappa shape index (κ1) is 13.2. The van der Waals surface area contributed by atoms with Gasteiger partial charge in [-0.3, -0.25) is 0 Å². The third-order valence-corrected chi connectivity index (χ3v) is 4.16. The predicted molar refractivity (Wildman–Crippen MR) is 67.4 cm³/mol. The van der Waals surface area contributed by atoms with Crippen molar-refractivity contribution in [3.05, 3.63) is 0 Å². The standard InChI is InChI=1S/C13H22N2O3/c16-11(17)13(8-5-9-13)15-12(18)14-10-6-3-1-2-4-7-10/h10H,1-9H2,(H,16,17)(H2,14,15,18). The Morgan fingerprint density at radius 3 is 2.06 bits per heavy atom. The van der Waals surface area contributed by atoms with Crippen LogP contribution in [0.3, 0.4) is 0 Å². The lowest BCUT2D eigenvalue weighted by Gasteiger charge is -2.38. The number of carboxylic acids is 1. The maximum atomic E-state index is 11.9. The highest BCUT2D eigenvalue weighted by atomic mass is 16.4. The SMILES string of the molecule is O=C(NC1CCCCCC1)NC1(C(=O)O)CCC1. The third kappa shape index (κ3) is 2.94. The molecule has 0 saturated heterocycles. The Bertz CT molecular complexity index is 318. The quantitative estimate of drug-likeness (QED) is 0.674. The second-order valence-electron chi connectivity index (χ2n) is 5.53. The van der Waals surface area contributed by atoms with Gasteiger partial charge in [-0.15, -0.1) is 0 Å². The number of rotatable bonds is 3. The van der Waals surface area contributed by atoms with Crippen LogP contribution in [0.15, 0.2) is 0 Å². The van der Waals surface area contributed by atoms with Crippen LogP contribution in [0.5, 0.6) is 0 Å². The Morgan fingerprint density at radius 2 is 1.61 bits per heavy atom. The van der Waals surface area contributed by atoms with E-state index < -0.39 is 11.5 Å². The molecular formula is C13H22N2O3. The summed E-state index contributed by atoms with van der Waals surface area (Å²) in [6.07, 6.45) is 8.74. The van der Waals surface area contributed by atoms with Crippen molar-refractivity contribution in [3.63, 3.8) is 0 Å². The summed E-state index contributed by atoms with van der Waals surface area (Å²) in [5.74, 6) is -0.912. The summed E-state index contributed by atoms with van der Waals surface area (Å²) in [6, 6.07) is -0.109. The van der Waals surface area contributed by atoms with E-state index >= 15 is 0 Å². The third-order valence-electron chi connectivity index (χ3n) is 4.16. The average Bonchev–Trinajstić information content (AvgIpc) is 2.51. The van der Waals surface area contributed by atoms with E-state index in [9.17, 15) is 9.59 Å². The Balaban J connectivity index is 1.82. The summed E-state index contributed by atoms with van der Waals surface area (Å²) in [6.45, 7) is 0. The molecule has 0 bridgehead atoms. The average molecular weight is 254 g/mol. The summed E-state index contributed by atoms with van der Waals surface area (Å²) < 4.78 is 0. The summed E-state index contributed by atoms with van der Waals surface area (Å²) in [7, 11) is 0. The Labute approximate surface area is 107 Å². The zero-order valence-electron chi connectivity index (χ0n) is 10.7. The molecule has 2 amide bonds. The van der Waals surface area contributed by atoms with Crippen molar-refractivity contribution in [2.24, 2.45) is 0 Å². The molecule has 0 atom stereocenters. The van der Waals surface area contributed by atoms with Gasteiger partial charge in [0.25, 0.3) is 0 Å². The van der Waals surface area contributed by atoms with Crippen molar-refractivity contribution >= 4 is 12.0 Å². The number of carboxylic acid groups (broad SMARTS) is 1. The minimum absolute atomic E-state index is 0.207. The van der Waals surface area contributed by atoms with Crippen LogP contribution in [0.4, 0.5) is 4.79 Å². The van der Waals surface area contributed by atoms with E-state index in [2.05, 4.69) is 10.6 Å². The first-order chi connectivity index (χ1) is 8.62. The number of hydrogen-bond donors (Lipinski definition) is 3. The first-order valence-electron chi connectivity index (χ1n) is 6.94. The van der Waals surface area contributed by atoms with Gasteiger partial charge in [0.1, 0.15) is 5.54 Å². The van der Waals surface area contributed by atoms with E-state index in [-0.39, 0.29) is 12.1 Å². The molecule has 0 aliphatic heterocycles. The molecule has 0 spiro atoms. The molecule has 18 heavy (non-hydrogen) atoms. The van der Waals surface area contributed by atoms with Crippen molar-refractivity contribution in [1.29, 1.82) is 0 Å². The minimum Gasteiger partial charge on any atom is -0.480 e. The van der Waals surface area contributed by atoms with Crippen molar-refractivity contribution in [1.82, 2.24) is 10.6 Å². The van der Waals surface area contributed by atoms with E-state index in [1.54, 1.807) is 0 Å². The van der Waals surface area contributed by atoms with E-state index in [0.29, 0.717) is 12.8 Å². The van der Waals surface area contributed by atoms with Gasteiger partial charge < -0.3 is 15.7 Å². The van der Waals surface area contributed by atoms with Gasteiger partial charge >= 0.3 is 12.0 Å². The number of urea groups is 1. The van der Waals surface area contributed by atoms with Crippen molar-refractivity contribution in [2.75, 3.05) is 0 Å². The predicted octanol–water partition coefficient (Wildman–Crippen LogP) is 2.02. The normalized spacial score (nSPS) is 23.6. The molecule has 0 heterocycles. The second-order valence-corrected chi connectivity index (χ2v) is 5.53. The van der Waals surface area contributed by atoms with E-state index in [0.717, 1.165) is 32.1 Å². The number of amides is 2. The fourth-order valence-corrected chi connectivity index (χ4v) is 2.79. The Morgan fingerprint density at radius 1 is 1.00 bits per heavy atom.